The SMILES string of the molecule is COc1cc(-c2ccc(F)cn2)cc2c(N[C@H](C)c3nnc(C)o3)ncnc12. The average molecular weight is 380 g/mol. The molecule has 0 saturated heterocycles. The zero-order valence-corrected chi connectivity index (χ0v) is 15.5. The number of anilines is 1. The van der Waals surface area contributed by atoms with Crippen LogP contribution in [-0.2, 0) is 0 Å². The van der Waals surface area contributed by atoms with Gasteiger partial charge in [-0.3, -0.25) is 4.98 Å². The summed E-state index contributed by atoms with van der Waals surface area (Å²) in [5.41, 5.74) is 2.00. The molecule has 0 fully saturated rings. The molecule has 9 heteroatoms. The van der Waals surface area contributed by atoms with Gasteiger partial charge in [0.25, 0.3) is 0 Å². The van der Waals surface area contributed by atoms with Gasteiger partial charge in [-0.15, -0.1) is 10.2 Å². The van der Waals surface area contributed by atoms with E-state index in [-0.39, 0.29) is 6.04 Å². The number of benzene rings is 1. The van der Waals surface area contributed by atoms with Gasteiger partial charge in [0, 0.05) is 17.9 Å². The van der Waals surface area contributed by atoms with E-state index >= 15 is 0 Å². The number of ether oxygens (including phenoxy) is 1. The van der Waals surface area contributed by atoms with Crippen LogP contribution in [0.15, 0.2) is 41.2 Å². The number of aryl methyl sites for hydroxylation is 1. The molecule has 0 aliphatic heterocycles. The van der Waals surface area contributed by atoms with Crippen LogP contribution < -0.4 is 10.1 Å². The maximum Gasteiger partial charge on any atom is 0.238 e. The first-order valence-electron chi connectivity index (χ1n) is 8.56. The topological polar surface area (TPSA) is 98.8 Å². The molecule has 1 N–H and O–H groups in total. The Balaban J connectivity index is 1.80. The Labute approximate surface area is 159 Å². The fourth-order valence-electron chi connectivity index (χ4n) is 2.85. The Morgan fingerprint density at radius 3 is 2.68 bits per heavy atom. The van der Waals surface area contributed by atoms with E-state index in [9.17, 15) is 4.39 Å². The molecule has 0 spiro atoms. The van der Waals surface area contributed by atoms with Crippen LogP contribution in [0.3, 0.4) is 0 Å². The first-order valence-corrected chi connectivity index (χ1v) is 8.56. The number of hydrogen-bond acceptors (Lipinski definition) is 8. The third kappa shape index (κ3) is 3.34. The van der Waals surface area contributed by atoms with Crippen molar-refractivity contribution < 1.29 is 13.5 Å². The molecule has 0 aliphatic rings. The molecule has 1 aromatic carbocycles. The van der Waals surface area contributed by atoms with Crippen LogP contribution in [0.25, 0.3) is 22.2 Å². The second kappa shape index (κ2) is 7.18. The number of nitrogens with one attached hydrogen (secondary N) is 1. The van der Waals surface area contributed by atoms with Crippen LogP contribution >= 0.6 is 0 Å². The third-order valence-electron chi connectivity index (χ3n) is 4.21. The molecule has 28 heavy (non-hydrogen) atoms. The fourth-order valence-corrected chi connectivity index (χ4v) is 2.85. The second-order valence-electron chi connectivity index (χ2n) is 6.18. The van der Waals surface area contributed by atoms with E-state index in [1.807, 2.05) is 19.1 Å². The monoisotopic (exact) mass is 380 g/mol. The lowest BCUT2D eigenvalue weighted by atomic mass is 10.1. The summed E-state index contributed by atoms with van der Waals surface area (Å²) in [6.45, 7) is 3.62. The van der Waals surface area contributed by atoms with Crippen molar-refractivity contribution in [2.24, 2.45) is 0 Å². The molecule has 3 heterocycles. The van der Waals surface area contributed by atoms with Gasteiger partial charge in [0.2, 0.25) is 11.8 Å². The molecule has 0 unspecified atom stereocenters. The normalized spacial score (nSPS) is 12.1. The minimum Gasteiger partial charge on any atom is -0.494 e. The lowest BCUT2D eigenvalue weighted by Crippen LogP contribution is -2.09. The lowest BCUT2D eigenvalue weighted by Gasteiger charge is -2.14. The van der Waals surface area contributed by atoms with E-state index < -0.39 is 5.82 Å². The predicted octanol–water partition coefficient (Wildman–Crippen LogP) is 3.70. The molecule has 142 valence electrons. The Bertz CT molecular complexity index is 1130. The van der Waals surface area contributed by atoms with Gasteiger partial charge < -0.3 is 14.5 Å². The Hall–Kier alpha value is -3.62. The summed E-state index contributed by atoms with van der Waals surface area (Å²) in [5.74, 6) is 1.68. The number of halogens is 1. The minimum atomic E-state index is -0.397. The summed E-state index contributed by atoms with van der Waals surface area (Å²) in [7, 11) is 1.57. The lowest BCUT2D eigenvalue weighted by molar-refractivity contribution is 0.419. The number of aromatic nitrogens is 5. The van der Waals surface area contributed by atoms with Gasteiger partial charge in [-0.05, 0) is 31.2 Å². The maximum absolute atomic E-state index is 13.2. The zero-order chi connectivity index (χ0) is 19.7. The number of rotatable bonds is 5. The summed E-state index contributed by atoms with van der Waals surface area (Å²) >= 11 is 0. The predicted molar refractivity (Wildman–Crippen MR) is 100 cm³/mol. The number of methoxy groups -OCH3 is 1. The molecule has 0 amide bonds. The summed E-state index contributed by atoms with van der Waals surface area (Å²) in [4.78, 5) is 12.8. The highest BCUT2D eigenvalue weighted by atomic mass is 19.1. The smallest absolute Gasteiger partial charge is 0.238 e. The van der Waals surface area contributed by atoms with Gasteiger partial charge in [0.05, 0.1) is 19.0 Å². The summed E-state index contributed by atoms with van der Waals surface area (Å²) in [5, 5.41) is 11.9. The van der Waals surface area contributed by atoms with Crippen LogP contribution in [0.1, 0.15) is 24.7 Å². The first-order chi connectivity index (χ1) is 13.5. The molecule has 4 aromatic rings. The van der Waals surface area contributed by atoms with Crippen LogP contribution in [0.2, 0.25) is 0 Å². The number of hydrogen-bond donors (Lipinski definition) is 1. The largest absolute Gasteiger partial charge is 0.494 e. The van der Waals surface area contributed by atoms with Crippen LogP contribution in [0.4, 0.5) is 10.2 Å². The highest BCUT2D eigenvalue weighted by molar-refractivity contribution is 5.96. The quantitative estimate of drug-likeness (QED) is 0.559. The fraction of sp³-hybridized carbons (Fsp3) is 0.211. The second-order valence-corrected chi connectivity index (χ2v) is 6.18. The van der Waals surface area contributed by atoms with Gasteiger partial charge in [0.15, 0.2) is 0 Å². The van der Waals surface area contributed by atoms with E-state index in [4.69, 9.17) is 9.15 Å². The van der Waals surface area contributed by atoms with Crippen molar-refractivity contribution in [3.8, 4) is 17.0 Å². The number of nitrogens with zero attached hydrogens (tertiary/aromatic N) is 5. The Morgan fingerprint density at radius 2 is 2.00 bits per heavy atom. The van der Waals surface area contributed by atoms with Gasteiger partial charge in [0.1, 0.15) is 35.3 Å². The molecule has 4 rings (SSSR count). The van der Waals surface area contributed by atoms with Crippen molar-refractivity contribution in [2.45, 2.75) is 19.9 Å². The van der Waals surface area contributed by atoms with Crippen molar-refractivity contribution in [1.29, 1.82) is 0 Å². The van der Waals surface area contributed by atoms with Crippen molar-refractivity contribution in [3.05, 3.63) is 54.4 Å². The van der Waals surface area contributed by atoms with Crippen molar-refractivity contribution in [1.82, 2.24) is 25.1 Å². The summed E-state index contributed by atoms with van der Waals surface area (Å²) in [6.07, 6.45) is 2.63. The molecule has 0 aliphatic carbocycles. The zero-order valence-electron chi connectivity index (χ0n) is 15.5. The Kier molecular flexibility index (Phi) is 4.56. The van der Waals surface area contributed by atoms with E-state index in [0.29, 0.717) is 34.6 Å². The summed E-state index contributed by atoms with van der Waals surface area (Å²) < 4.78 is 24.2. The van der Waals surface area contributed by atoms with E-state index in [0.717, 1.165) is 10.9 Å². The molecular weight excluding hydrogens is 363 g/mol. The highest BCUT2D eigenvalue weighted by Gasteiger charge is 2.17. The molecule has 0 radical (unpaired) electrons. The Morgan fingerprint density at radius 1 is 1.14 bits per heavy atom. The van der Waals surface area contributed by atoms with Gasteiger partial charge in [-0.1, -0.05) is 0 Å². The number of pyridine rings is 1. The van der Waals surface area contributed by atoms with Gasteiger partial charge in [-0.2, -0.15) is 0 Å². The van der Waals surface area contributed by atoms with Crippen LogP contribution in [0, 0.1) is 12.7 Å². The van der Waals surface area contributed by atoms with E-state index in [1.54, 1.807) is 20.1 Å². The highest BCUT2D eigenvalue weighted by Crippen LogP contribution is 2.34. The molecule has 0 saturated carbocycles. The first kappa shape index (κ1) is 17.8. The average Bonchev–Trinajstić information content (AvgIpc) is 3.14. The molecule has 8 nitrogen and oxygen atoms in total. The molecule has 1 atom stereocenters. The summed E-state index contributed by atoms with van der Waals surface area (Å²) in [6, 6.07) is 6.39. The van der Waals surface area contributed by atoms with E-state index in [2.05, 4.69) is 30.5 Å². The van der Waals surface area contributed by atoms with Crippen molar-refractivity contribution >= 4 is 16.7 Å². The van der Waals surface area contributed by atoms with E-state index in [1.165, 1.54) is 18.6 Å². The van der Waals surface area contributed by atoms with Crippen molar-refractivity contribution in [3.63, 3.8) is 0 Å². The number of fused-ring (bicyclic) bond motifs is 1. The van der Waals surface area contributed by atoms with Crippen molar-refractivity contribution in [2.75, 3.05) is 12.4 Å². The molecule has 3 aromatic heterocycles. The molecule has 0 bridgehead atoms. The van der Waals surface area contributed by atoms with Gasteiger partial charge >= 0.3 is 0 Å². The maximum atomic E-state index is 13.2. The standard InChI is InChI=1S/C19H17FN6O2/c1-10(19-26-25-11(2)28-19)24-18-14-6-12(15-5-4-13(20)8-21-15)7-16(27-3)17(14)22-9-23-18/h4-10H,1-3H3,(H,22,23,24)/t10-/m1/s1. The van der Waals surface area contributed by atoms with Gasteiger partial charge in [-0.25, -0.2) is 14.4 Å². The molecular formula is C19H17FN6O2. The van der Waals surface area contributed by atoms with Crippen LogP contribution in [0.5, 0.6) is 5.75 Å². The van der Waals surface area contributed by atoms with Crippen LogP contribution in [-0.4, -0.2) is 32.3 Å². The minimum absolute atomic E-state index is 0.266. The third-order valence-corrected chi connectivity index (χ3v) is 4.21.